The smallest absolute Gasteiger partial charge is 0.295 e. The summed E-state index contributed by atoms with van der Waals surface area (Å²) in [5.74, 6) is 0.788. The molecule has 0 aliphatic heterocycles. The number of methoxy groups -OCH3 is 1. The molecule has 1 saturated carbocycles. The van der Waals surface area contributed by atoms with E-state index in [1.165, 1.54) is 4.68 Å². The number of halogens is 1. The number of rotatable bonds is 9. The predicted molar refractivity (Wildman–Crippen MR) is 151 cm³/mol. The minimum Gasteiger partial charge on any atom is -0.493 e. The highest BCUT2D eigenvalue weighted by Crippen LogP contribution is 2.38. The third kappa shape index (κ3) is 5.55. The van der Waals surface area contributed by atoms with Gasteiger partial charge in [0.15, 0.2) is 0 Å². The first-order valence-corrected chi connectivity index (χ1v) is 13.7. The van der Waals surface area contributed by atoms with Gasteiger partial charge in [-0.2, -0.15) is 0 Å². The number of anilines is 1. The number of nitrogens with zero attached hydrogens (tertiary/aromatic N) is 4. The first-order chi connectivity index (χ1) is 19.4. The number of para-hydroxylation sites is 1. The van der Waals surface area contributed by atoms with Crippen molar-refractivity contribution >= 4 is 23.2 Å². The number of hydrogen-bond acceptors (Lipinski definition) is 7. The second kappa shape index (κ2) is 12.1. The van der Waals surface area contributed by atoms with Crippen molar-refractivity contribution in [3.8, 4) is 22.9 Å². The van der Waals surface area contributed by atoms with Crippen LogP contribution in [0.4, 0.5) is 5.69 Å². The van der Waals surface area contributed by atoms with E-state index in [2.05, 4.69) is 15.5 Å². The molecule has 1 fully saturated rings. The summed E-state index contributed by atoms with van der Waals surface area (Å²) in [4.78, 5) is 26.9. The Hall–Kier alpha value is -3.89. The van der Waals surface area contributed by atoms with Crippen molar-refractivity contribution in [2.75, 3.05) is 19.0 Å². The van der Waals surface area contributed by atoms with Gasteiger partial charge in [-0.15, -0.1) is 10.2 Å². The average Bonchev–Trinajstić information content (AvgIpc) is 3.54. The van der Waals surface area contributed by atoms with Crippen molar-refractivity contribution in [2.45, 2.75) is 45.1 Å². The molecule has 4 aromatic rings. The summed E-state index contributed by atoms with van der Waals surface area (Å²) in [5, 5.41) is 12.0. The van der Waals surface area contributed by atoms with E-state index in [1.807, 2.05) is 37.3 Å². The maximum absolute atomic E-state index is 13.5. The van der Waals surface area contributed by atoms with E-state index in [4.69, 9.17) is 25.5 Å². The molecule has 5 rings (SSSR count). The SMILES string of the molecule is CCOc1ccc(Cl)cc1-c1nnc([C@H]2CCC[C@@H](C(=O)Nc3c(COC)n(C)n(-c4ccccc4)c3=O)C2)o1. The molecule has 0 spiro atoms. The summed E-state index contributed by atoms with van der Waals surface area (Å²) in [6.07, 6.45) is 2.86. The van der Waals surface area contributed by atoms with Crippen LogP contribution in [0.5, 0.6) is 5.75 Å². The summed E-state index contributed by atoms with van der Waals surface area (Å²) in [5.41, 5.74) is 1.83. The minimum atomic E-state index is -0.320. The number of nitrogens with one attached hydrogen (secondary N) is 1. The zero-order valence-electron chi connectivity index (χ0n) is 22.7. The molecule has 1 aliphatic rings. The van der Waals surface area contributed by atoms with Crippen LogP contribution in [0, 0.1) is 5.92 Å². The lowest BCUT2D eigenvalue weighted by Crippen LogP contribution is -2.30. The van der Waals surface area contributed by atoms with E-state index in [0.29, 0.717) is 58.9 Å². The van der Waals surface area contributed by atoms with Gasteiger partial charge in [-0.1, -0.05) is 36.2 Å². The quantitative estimate of drug-likeness (QED) is 0.291. The molecule has 0 bridgehead atoms. The Morgan fingerprint density at radius 3 is 2.73 bits per heavy atom. The van der Waals surface area contributed by atoms with E-state index < -0.39 is 0 Å². The molecule has 0 saturated heterocycles. The molecule has 2 aromatic heterocycles. The molecule has 40 heavy (non-hydrogen) atoms. The van der Waals surface area contributed by atoms with Crippen LogP contribution in [0.2, 0.25) is 5.02 Å². The number of benzene rings is 2. The Kier molecular flexibility index (Phi) is 8.37. The molecule has 0 unspecified atom stereocenters. The fourth-order valence-electron chi connectivity index (χ4n) is 5.27. The van der Waals surface area contributed by atoms with E-state index in [-0.39, 0.29) is 35.6 Å². The number of carbonyl (C=O) groups excluding carboxylic acids is 1. The molecule has 1 N–H and O–H groups in total. The van der Waals surface area contributed by atoms with Crippen LogP contribution in [0.15, 0.2) is 57.7 Å². The zero-order chi connectivity index (χ0) is 28.2. The van der Waals surface area contributed by atoms with Gasteiger partial charge in [0.25, 0.3) is 11.4 Å². The Balaban J connectivity index is 1.36. The van der Waals surface area contributed by atoms with Gasteiger partial charge in [0.2, 0.25) is 11.8 Å². The van der Waals surface area contributed by atoms with Gasteiger partial charge >= 0.3 is 0 Å². The first-order valence-electron chi connectivity index (χ1n) is 13.3. The van der Waals surface area contributed by atoms with Gasteiger partial charge in [-0.3, -0.25) is 14.3 Å². The zero-order valence-corrected chi connectivity index (χ0v) is 23.5. The molecule has 2 atom stereocenters. The number of amides is 1. The van der Waals surface area contributed by atoms with Crippen LogP contribution in [0.3, 0.4) is 0 Å². The largest absolute Gasteiger partial charge is 0.493 e. The van der Waals surface area contributed by atoms with Crippen molar-refractivity contribution < 1.29 is 18.7 Å². The highest BCUT2D eigenvalue weighted by molar-refractivity contribution is 6.30. The molecule has 2 aromatic carbocycles. The van der Waals surface area contributed by atoms with Crippen molar-refractivity contribution in [1.29, 1.82) is 0 Å². The Morgan fingerprint density at radius 2 is 1.98 bits per heavy atom. The van der Waals surface area contributed by atoms with Gasteiger partial charge in [0, 0.05) is 31.0 Å². The third-order valence-corrected chi connectivity index (χ3v) is 7.46. The molecule has 1 aliphatic carbocycles. The summed E-state index contributed by atoms with van der Waals surface area (Å²) in [6.45, 7) is 2.56. The van der Waals surface area contributed by atoms with E-state index in [9.17, 15) is 9.59 Å². The highest BCUT2D eigenvalue weighted by atomic mass is 35.5. The second-order valence-corrected chi connectivity index (χ2v) is 10.2. The Morgan fingerprint density at radius 1 is 1.18 bits per heavy atom. The van der Waals surface area contributed by atoms with Crippen LogP contribution in [-0.2, 0) is 23.2 Å². The van der Waals surface area contributed by atoms with Gasteiger partial charge in [0.05, 0.1) is 30.2 Å². The monoisotopic (exact) mass is 565 g/mol. The van der Waals surface area contributed by atoms with Crippen molar-refractivity contribution in [2.24, 2.45) is 13.0 Å². The van der Waals surface area contributed by atoms with Crippen LogP contribution in [0.25, 0.3) is 17.1 Å². The number of carbonyl (C=O) groups is 1. The van der Waals surface area contributed by atoms with Gasteiger partial charge in [-0.05, 0) is 56.5 Å². The van der Waals surface area contributed by atoms with E-state index >= 15 is 0 Å². The molecule has 1 amide bonds. The highest BCUT2D eigenvalue weighted by Gasteiger charge is 2.33. The second-order valence-electron chi connectivity index (χ2n) is 9.80. The maximum Gasteiger partial charge on any atom is 0.295 e. The molecule has 210 valence electrons. The average molecular weight is 566 g/mol. The Labute approximate surface area is 236 Å². The van der Waals surface area contributed by atoms with Crippen LogP contribution < -0.4 is 15.6 Å². The van der Waals surface area contributed by atoms with Crippen molar-refractivity contribution in [3.63, 3.8) is 0 Å². The standard InChI is InChI=1S/C29H32ClN5O5/c1-4-39-24-14-13-20(30)16-22(24)28-33-32-27(40-28)19-10-8-9-18(15-19)26(36)31-25-23(17-38-3)34(2)35(29(25)37)21-11-6-5-7-12-21/h5-7,11-14,16,18-19H,4,8-10,15,17H2,1-3H3,(H,31,36)/t18-,19+/m1/s1. The predicted octanol–water partition coefficient (Wildman–Crippen LogP) is 5.34. The van der Waals surface area contributed by atoms with E-state index in [0.717, 1.165) is 12.8 Å². The number of hydrogen-bond donors (Lipinski definition) is 1. The fourth-order valence-corrected chi connectivity index (χ4v) is 5.44. The van der Waals surface area contributed by atoms with Crippen LogP contribution in [0.1, 0.15) is 50.1 Å². The molecular formula is C29H32ClN5O5. The Bertz CT molecular complexity index is 1540. The summed E-state index contributed by atoms with van der Waals surface area (Å²) in [6, 6.07) is 14.5. The summed E-state index contributed by atoms with van der Waals surface area (Å²) >= 11 is 6.21. The molecule has 10 nitrogen and oxygen atoms in total. The fraction of sp³-hybridized carbons (Fsp3) is 0.379. The summed E-state index contributed by atoms with van der Waals surface area (Å²) < 4.78 is 20.4. The molecule has 2 heterocycles. The molecule has 0 radical (unpaired) electrons. The minimum absolute atomic E-state index is 0.0873. The topological polar surface area (TPSA) is 113 Å². The van der Waals surface area contributed by atoms with E-state index in [1.54, 1.807) is 37.0 Å². The molecular weight excluding hydrogens is 534 g/mol. The van der Waals surface area contributed by atoms with Crippen molar-refractivity contribution in [1.82, 2.24) is 19.6 Å². The lowest BCUT2D eigenvalue weighted by Gasteiger charge is -2.26. The summed E-state index contributed by atoms with van der Waals surface area (Å²) in [7, 11) is 3.33. The third-order valence-electron chi connectivity index (χ3n) is 7.22. The van der Waals surface area contributed by atoms with Gasteiger partial charge < -0.3 is 19.2 Å². The lowest BCUT2D eigenvalue weighted by molar-refractivity contribution is -0.121. The maximum atomic E-state index is 13.5. The normalized spacial score (nSPS) is 17.1. The van der Waals surface area contributed by atoms with Gasteiger partial charge in [-0.25, -0.2) is 4.68 Å². The van der Waals surface area contributed by atoms with Gasteiger partial charge in [0.1, 0.15) is 11.4 Å². The molecule has 11 heteroatoms. The number of aromatic nitrogens is 4. The van der Waals surface area contributed by atoms with Crippen LogP contribution >= 0.6 is 11.6 Å². The lowest BCUT2D eigenvalue weighted by atomic mass is 9.81. The first kappa shape index (κ1) is 27.7. The van der Waals surface area contributed by atoms with Crippen LogP contribution in [-0.4, -0.2) is 39.2 Å². The number of ether oxygens (including phenoxy) is 2. The van der Waals surface area contributed by atoms with Crippen molar-refractivity contribution in [3.05, 3.63) is 75.5 Å².